The summed E-state index contributed by atoms with van der Waals surface area (Å²) in [5, 5.41) is 30.1. The Bertz CT molecular complexity index is 575. The van der Waals surface area contributed by atoms with E-state index in [1.54, 1.807) is 25.3 Å². The van der Waals surface area contributed by atoms with E-state index < -0.39 is 12.2 Å². The monoisotopic (exact) mass is 334 g/mol. The predicted molar refractivity (Wildman–Crippen MR) is 96.1 cm³/mol. The Balaban J connectivity index is 2.84. The zero-order chi connectivity index (χ0) is 18.3. The standard InChI is InChI=1S/C20H30O4/c1-13(2)19(22)11-16(12-24-5)7-6-8-18(21)17-9-14(3)20(23)15(4)10-17/h6,9-10,13,18-19,21-23H,8,11-12H2,1-5H3/t7?,18-,19-/m1/s1. The third-order valence-corrected chi connectivity index (χ3v) is 4.09. The first kappa shape index (κ1) is 20.5. The van der Waals surface area contributed by atoms with E-state index in [9.17, 15) is 15.3 Å². The normalized spacial score (nSPS) is 13.5. The van der Waals surface area contributed by atoms with Gasteiger partial charge in [0.2, 0.25) is 0 Å². The number of benzene rings is 1. The molecule has 2 atom stereocenters. The second-order valence-corrected chi connectivity index (χ2v) is 6.66. The molecule has 0 aliphatic heterocycles. The van der Waals surface area contributed by atoms with Gasteiger partial charge in [-0.25, -0.2) is 0 Å². The Morgan fingerprint density at radius 3 is 2.29 bits per heavy atom. The minimum absolute atomic E-state index is 0.173. The number of aromatic hydroxyl groups is 1. The van der Waals surface area contributed by atoms with Gasteiger partial charge in [0.05, 0.1) is 18.8 Å². The summed E-state index contributed by atoms with van der Waals surface area (Å²) in [5.41, 5.74) is 6.30. The lowest BCUT2D eigenvalue weighted by molar-refractivity contribution is 0.119. The van der Waals surface area contributed by atoms with Gasteiger partial charge in [-0.15, -0.1) is 5.73 Å². The zero-order valence-corrected chi connectivity index (χ0v) is 15.3. The van der Waals surface area contributed by atoms with E-state index in [0.29, 0.717) is 19.4 Å². The molecule has 1 aromatic carbocycles. The highest BCUT2D eigenvalue weighted by atomic mass is 16.5. The van der Waals surface area contributed by atoms with Crippen LogP contribution >= 0.6 is 0 Å². The van der Waals surface area contributed by atoms with Crippen LogP contribution in [-0.2, 0) is 4.74 Å². The largest absolute Gasteiger partial charge is 0.507 e. The van der Waals surface area contributed by atoms with Crippen molar-refractivity contribution >= 4 is 0 Å². The molecule has 4 heteroatoms. The Morgan fingerprint density at radius 2 is 1.79 bits per heavy atom. The molecule has 134 valence electrons. The minimum Gasteiger partial charge on any atom is -0.507 e. The molecule has 0 amide bonds. The molecule has 0 fully saturated rings. The molecule has 24 heavy (non-hydrogen) atoms. The fourth-order valence-electron chi connectivity index (χ4n) is 2.45. The van der Waals surface area contributed by atoms with Gasteiger partial charge in [-0.05, 0) is 60.2 Å². The van der Waals surface area contributed by atoms with Crippen LogP contribution in [0.3, 0.4) is 0 Å². The summed E-state index contributed by atoms with van der Waals surface area (Å²) in [5.74, 6) is 0.443. The Morgan fingerprint density at radius 1 is 1.21 bits per heavy atom. The molecule has 3 N–H and O–H groups in total. The number of phenolic OH excluding ortho intramolecular Hbond substituents is 1. The molecule has 0 spiro atoms. The van der Waals surface area contributed by atoms with E-state index in [-0.39, 0.29) is 11.7 Å². The summed E-state index contributed by atoms with van der Waals surface area (Å²) < 4.78 is 5.15. The number of aliphatic hydroxyl groups is 2. The lowest BCUT2D eigenvalue weighted by atomic mass is 9.99. The number of aliphatic hydroxyl groups excluding tert-OH is 2. The number of phenols is 1. The lowest BCUT2D eigenvalue weighted by Gasteiger charge is -2.15. The number of rotatable bonds is 8. The van der Waals surface area contributed by atoms with Crippen LogP contribution < -0.4 is 0 Å². The van der Waals surface area contributed by atoms with E-state index in [1.807, 2.05) is 27.7 Å². The maximum absolute atomic E-state index is 10.3. The Hall–Kier alpha value is -1.58. The van der Waals surface area contributed by atoms with Crippen LogP contribution in [-0.4, -0.2) is 35.1 Å². The molecule has 0 aliphatic rings. The van der Waals surface area contributed by atoms with Crippen molar-refractivity contribution in [3.8, 4) is 5.75 Å². The van der Waals surface area contributed by atoms with E-state index in [4.69, 9.17) is 4.74 Å². The highest BCUT2D eigenvalue weighted by Crippen LogP contribution is 2.27. The van der Waals surface area contributed by atoms with Crippen LogP contribution in [0, 0.1) is 19.8 Å². The Kier molecular flexibility index (Phi) is 8.23. The van der Waals surface area contributed by atoms with Crippen molar-refractivity contribution in [2.24, 2.45) is 5.92 Å². The van der Waals surface area contributed by atoms with E-state index in [1.165, 1.54) is 0 Å². The molecule has 0 aliphatic carbocycles. The van der Waals surface area contributed by atoms with Crippen LogP contribution in [0.5, 0.6) is 5.75 Å². The van der Waals surface area contributed by atoms with Crippen molar-refractivity contribution in [3.05, 3.63) is 46.2 Å². The predicted octanol–water partition coefficient (Wildman–Crippen LogP) is 3.57. The first-order valence-corrected chi connectivity index (χ1v) is 8.34. The molecule has 0 unspecified atom stereocenters. The van der Waals surface area contributed by atoms with Gasteiger partial charge in [-0.1, -0.05) is 13.8 Å². The highest BCUT2D eigenvalue weighted by Gasteiger charge is 2.12. The van der Waals surface area contributed by atoms with Crippen molar-refractivity contribution in [2.45, 2.75) is 52.7 Å². The minimum atomic E-state index is -0.658. The summed E-state index contributed by atoms with van der Waals surface area (Å²) in [6.07, 6.45) is 1.62. The molecule has 0 saturated carbocycles. The quantitative estimate of drug-likeness (QED) is 0.636. The Labute approximate surface area is 145 Å². The van der Waals surface area contributed by atoms with Crippen molar-refractivity contribution in [3.63, 3.8) is 0 Å². The van der Waals surface area contributed by atoms with Crippen molar-refractivity contribution in [1.29, 1.82) is 0 Å². The highest BCUT2D eigenvalue weighted by molar-refractivity contribution is 5.42. The number of hydrogen-bond donors (Lipinski definition) is 3. The number of methoxy groups -OCH3 is 1. The first-order chi connectivity index (χ1) is 11.3. The van der Waals surface area contributed by atoms with Gasteiger partial charge < -0.3 is 20.1 Å². The average Bonchev–Trinajstić information content (AvgIpc) is 2.51. The molecule has 0 bridgehead atoms. The molecule has 0 heterocycles. The van der Waals surface area contributed by atoms with Gasteiger partial charge in [0, 0.05) is 20.0 Å². The van der Waals surface area contributed by atoms with Gasteiger partial charge in [0.25, 0.3) is 0 Å². The van der Waals surface area contributed by atoms with Crippen LogP contribution in [0.15, 0.2) is 29.5 Å². The second-order valence-electron chi connectivity index (χ2n) is 6.66. The average molecular weight is 334 g/mol. The molecular formula is C20H30O4. The van der Waals surface area contributed by atoms with E-state index in [0.717, 1.165) is 22.3 Å². The zero-order valence-electron chi connectivity index (χ0n) is 15.3. The van der Waals surface area contributed by atoms with Crippen molar-refractivity contribution in [2.75, 3.05) is 13.7 Å². The fourth-order valence-corrected chi connectivity index (χ4v) is 2.45. The van der Waals surface area contributed by atoms with Gasteiger partial charge in [0.1, 0.15) is 5.75 Å². The summed E-state index contributed by atoms with van der Waals surface area (Å²) in [6.45, 7) is 7.99. The van der Waals surface area contributed by atoms with Gasteiger partial charge >= 0.3 is 0 Å². The van der Waals surface area contributed by atoms with Crippen LogP contribution in [0.25, 0.3) is 0 Å². The summed E-state index contributed by atoms with van der Waals surface area (Å²) in [4.78, 5) is 0. The fraction of sp³-hybridized carbons (Fsp3) is 0.550. The van der Waals surface area contributed by atoms with Crippen LogP contribution in [0.4, 0.5) is 0 Å². The van der Waals surface area contributed by atoms with Crippen LogP contribution in [0.2, 0.25) is 0 Å². The van der Waals surface area contributed by atoms with Crippen molar-refractivity contribution < 1.29 is 20.1 Å². The molecule has 0 saturated heterocycles. The molecule has 4 nitrogen and oxygen atoms in total. The van der Waals surface area contributed by atoms with Crippen molar-refractivity contribution in [1.82, 2.24) is 0 Å². The molecular weight excluding hydrogens is 304 g/mol. The SMILES string of the molecule is COCC(=C=CC[C@@H](O)c1cc(C)c(O)c(C)c1)C[C@@H](O)C(C)C. The third kappa shape index (κ3) is 6.14. The second kappa shape index (κ2) is 9.65. The topological polar surface area (TPSA) is 69.9 Å². The maximum Gasteiger partial charge on any atom is 0.121 e. The first-order valence-electron chi connectivity index (χ1n) is 8.34. The summed E-state index contributed by atoms with van der Waals surface area (Å²) in [6, 6.07) is 3.59. The molecule has 0 radical (unpaired) electrons. The molecule has 1 aromatic rings. The van der Waals surface area contributed by atoms with E-state index in [2.05, 4.69) is 5.73 Å². The maximum atomic E-state index is 10.3. The smallest absolute Gasteiger partial charge is 0.121 e. The lowest BCUT2D eigenvalue weighted by Crippen LogP contribution is -2.16. The van der Waals surface area contributed by atoms with E-state index >= 15 is 0 Å². The summed E-state index contributed by atoms with van der Waals surface area (Å²) >= 11 is 0. The number of hydrogen-bond acceptors (Lipinski definition) is 4. The molecule has 0 aromatic heterocycles. The van der Waals surface area contributed by atoms with Gasteiger partial charge in [-0.2, -0.15) is 0 Å². The number of aryl methyl sites for hydroxylation is 2. The third-order valence-electron chi connectivity index (χ3n) is 4.09. The number of ether oxygens (including phenoxy) is 1. The van der Waals surface area contributed by atoms with Crippen LogP contribution in [0.1, 0.15) is 49.5 Å². The summed E-state index contributed by atoms with van der Waals surface area (Å²) in [7, 11) is 1.61. The van der Waals surface area contributed by atoms with Gasteiger partial charge in [0.15, 0.2) is 0 Å². The van der Waals surface area contributed by atoms with Gasteiger partial charge in [-0.3, -0.25) is 0 Å². The molecule has 1 rings (SSSR count).